The predicted molar refractivity (Wildman–Crippen MR) is 93.9 cm³/mol. The Morgan fingerprint density at radius 1 is 1.04 bits per heavy atom. The summed E-state index contributed by atoms with van der Waals surface area (Å²) in [6, 6.07) is 15.9. The quantitative estimate of drug-likeness (QED) is 0.466. The molecule has 1 aliphatic heterocycles. The van der Waals surface area contributed by atoms with E-state index in [1.807, 2.05) is 18.2 Å². The van der Waals surface area contributed by atoms with Crippen molar-refractivity contribution in [2.24, 2.45) is 0 Å². The van der Waals surface area contributed by atoms with Crippen LogP contribution in [0.4, 0.5) is 5.69 Å². The van der Waals surface area contributed by atoms with Crippen molar-refractivity contribution in [2.45, 2.75) is 0 Å². The molecule has 0 radical (unpaired) electrons. The molecule has 3 rings (SSSR count). The van der Waals surface area contributed by atoms with Crippen molar-refractivity contribution in [3.63, 3.8) is 0 Å². The van der Waals surface area contributed by atoms with Crippen molar-refractivity contribution in [2.75, 3.05) is 5.01 Å². The number of benzene rings is 2. The van der Waals surface area contributed by atoms with E-state index >= 15 is 0 Å². The van der Waals surface area contributed by atoms with E-state index in [1.54, 1.807) is 36.4 Å². The summed E-state index contributed by atoms with van der Waals surface area (Å²) in [5.74, 6) is -0.849. The van der Waals surface area contributed by atoms with Crippen molar-refractivity contribution < 1.29 is 9.59 Å². The third-order valence-corrected chi connectivity index (χ3v) is 4.05. The molecule has 0 atom stereocenters. The Morgan fingerprint density at radius 2 is 1.70 bits per heavy atom. The van der Waals surface area contributed by atoms with Crippen LogP contribution in [0.25, 0.3) is 6.08 Å². The minimum atomic E-state index is -0.446. The van der Waals surface area contributed by atoms with Gasteiger partial charge in [-0.05, 0) is 70.6 Å². The van der Waals surface area contributed by atoms with Crippen LogP contribution in [0.2, 0.25) is 0 Å². The zero-order valence-electron chi connectivity index (χ0n) is 11.8. The van der Waals surface area contributed by atoms with Crippen molar-refractivity contribution in [3.8, 4) is 6.07 Å². The summed E-state index contributed by atoms with van der Waals surface area (Å²) in [5.41, 5.74) is 4.43. The number of halogens is 1. The molecule has 1 heterocycles. The number of anilines is 1. The fourth-order valence-electron chi connectivity index (χ4n) is 2.15. The molecule has 0 aliphatic carbocycles. The molecule has 6 heteroatoms. The molecule has 2 aromatic carbocycles. The topological polar surface area (TPSA) is 73.2 Å². The molecule has 1 saturated heterocycles. The van der Waals surface area contributed by atoms with Crippen LogP contribution in [0.5, 0.6) is 0 Å². The van der Waals surface area contributed by atoms with Crippen molar-refractivity contribution in [3.05, 3.63) is 68.8 Å². The van der Waals surface area contributed by atoms with Gasteiger partial charge in [0.1, 0.15) is 5.57 Å². The minimum Gasteiger partial charge on any atom is -0.267 e. The average molecular weight is 415 g/mol. The normalized spacial score (nSPS) is 15.7. The van der Waals surface area contributed by atoms with Gasteiger partial charge < -0.3 is 0 Å². The SMILES string of the molecule is N#Cc1ccc(C=C2C(=O)NN(c3ccc(I)cc3)C2=O)cc1. The lowest BCUT2D eigenvalue weighted by Crippen LogP contribution is -2.35. The van der Waals surface area contributed by atoms with Crippen molar-refractivity contribution in [1.29, 1.82) is 5.26 Å². The summed E-state index contributed by atoms with van der Waals surface area (Å²) in [4.78, 5) is 24.5. The molecule has 0 saturated carbocycles. The zero-order chi connectivity index (χ0) is 16.4. The van der Waals surface area contributed by atoms with Gasteiger partial charge >= 0.3 is 0 Å². The second-order valence-electron chi connectivity index (χ2n) is 4.85. The summed E-state index contributed by atoms with van der Waals surface area (Å²) < 4.78 is 1.04. The lowest BCUT2D eigenvalue weighted by molar-refractivity contribution is -0.117. The van der Waals surface area contributed by atoms with E-state index in [4.69, 9.17) is 5.26 Å². The first-order valence-corrected chi connectivity index (χ1v) is 7.79. The number of nitrogens with zero attached hydrogens (tertiary/aromatic N) is 2. The van der Waals surface area contributed by atoms with E-state index in [-0.39, 0.29) is 5.57 Å². The highest BCUT2D eigenvalue weighted by molar-refractivity contribution is 14.1. The van der Waals surface area contributed by atoms with Crippen LogP contribution in [0.3, 0.4) is 0 Å². The Morgan fingerprint density at radius 3 is 2.30 bits per heavy atom. The molecule has 1 aliphatic rings. The number of carbonyl (C=O) groups is 2. The van der Waals surface area contributed by atoms with Gasteiger partial charge in [-0.15, -0.1) is 0 Å². The smallest absolute Gasteiger partial charge is 0.267 e. The van der Waals surface area contributed by atoms with E-state index in [9.17, 15) is 9.59 Å². The van der Waals surface area contributed by atoms with Crippen molar-refractivity contribution in [1.82, 2.24) is 5.43 Å². The second kappa shape index (κ2) is 6.22. The van der Waals surface area contributed by atoms with Crippen molar-refractivity contribution >= 4 is 46.2 Å². The molecule has 2 aromatic rings. The van der Waals surface area contributed by atoms with Crippen LogP contribution >= 0.6 is 22.6 Å². The van der Waals surface area contributed by atoms with E-state index in [1.165, 1.54) is 11.1 Å². The fraction of sp³-hybridized carbons (Fsp3) is 0. The molecule has 1 fully saturated rings. The summed E-state index contributed by atoms with van der Waals surface area (Å²) >= 11 is 2.17. The molecule has 0 bridgehead atoms. The third kappa shape index (κ3) is 3.10. The maximum atomic E-state index is 12.4. The number of nitriles is 1. The fourth-order valence-corrected chi connectivity index (χ4v) is 2.51. The summed E-state index contributed by atoms with van der Waals surface area (Å²) in [6.45, 7) is 0. The lowest BCUT2D eigenvalue weighted by atomic mass is 10.1. The van der Waals surface area contributed by atoms with Gasteiger partial charge in [0.25, 0.3) is 11.8 Å². The van der Waals surface area contributed by atoms with Crippen LogP contribution in [0, 0.1) is 14.9 Å². The Bertz CT molecular complexity index is 849. The first-order valence-electron chi connectivity index (χ1n) is 6.71. The molecule has 1 N–H and O–H groups in total. The van der Waals surface area contributed by atoms with Gasteiger partial charge in [-0.25, -0.2) is 5.01 Å². The highest BCUT2D eigenvalue weighted by atomic mass is 127. The van der Waals surface area contributed by atoms with E-state index in [2.05, 4.69) is 28.0 Å². The van der Waals surface area contributed by atoms with Gasteiger partial charge in [0.15, 0.2) is 0 Å². The molecule has 0 spiro atoms. The van der Waals surface area contributed by atoms with Crippen LogP contribution in [-0.2, 0) is 9.59 Å². The third-order valence-electron chi connectivity index (χ3n) is 3.33. The Balaban J connectivity index is 1.90. The monoisotopic (exact) mass is 415 g/mol. The Hall–Kier alpha value is -2.66. The van der Waals surface area contributed by atoms with Crippen LogP contribution < -0.4 is 10.4 Å². The Labute approximate surface area is 146 Å². The molecule has 112 valence electrons. The number of carbonyl (C=O) groups excluding carboxylic acids is 2. The number of amides is 2. The van der Waals surface area contributed by atoms with Gasteiger partial charge in [0, 0.05) is 3.57 Å². The van der Waals surface area contributed by atoms with E-state index in [0.717, 1.165) is 3.57 Å². The van der Waals surface area contributed by atoms with E-state index in [0.29, 0.717) is 16.8 Å². The maximum absolute atomic E-state index is 12.4. The van der Waals surface area contributed by atoms with Gasteiger partial charge in [-0.3, -0.25) is 15.0 Å². The van der Waals surface area contributed by atoms with Gasteiger partial charge in [0.2, 0.25) is 0 Å². The maximum Gasteiger partial charge on any atom is 0.282 e. The van der Waals surface area contributed by atoms with Gasteiger partial charge in [0.05, 0.1) is 17.3 Å². The lowest BCUT2D eigenvalue weighted by Gasteiger charge is -2.14. The summed E-state index contributed by atoms with van der Waals surface area (Å²) in [7, 11) is 0. The first kappa shape index (κ1) is 15.2. The molecule has 2 amide bonds. The van der Waals surface area contributed by atoms with Gasteiger partial charge in [-0.1, -0.05) is 12.1 Å². The number of nitrogens with one attached hydrogen (secondary N) is 1. The molecule has 0 aromatic heterocycles. The average Bonchev–Trinajstić information content (AvgIpc) is 2.84. The largest absolute Gasteiger partial charge is 0.282 e. The Kier molecular flexibility index (Phi) is 4.12. The highest BCUT2D eigenvalue weighted by Gasteiger charge is 2.34. The molecule has 23 heavy (non-hydrogen) atoms. The number of hydrogen-bond donors (Lipinski definition) is 1. The zero-order valence-corrected chi connectivity index (χ0v) is 13.9. The highest BCUT2D eigenvalue weighted by Crippen LogP contribution is 2.22. The van der Waals surface area contributed by atoms with Crippen LogP contribution in [0.15, 0.2) is 54.1 Å². The number of hydrazine groups is 1. The molecular formula is C17H10IN3O2. The van der Waals surface area contributed by atoms with E-state index < -0.39 is 11.8 Å². The molecule has 0 unspecified atom stereocenters. The van der Waals surface area contributed by atoms with Gasteiger partial charge in [-0.2, -0.15) is 5.26 Å². The summed E-state index contributed by atoms with van der Waals surface area (Å²) in [5, 5.41) is 10.0. The standard InChI is InChI=1S/C17H10IN3O2/c18-13-5-7-14(8-6-13)21-17(23)15(16(22)20-21)9-11-1-3-12(10-19)4-2-11/h1-9H,(H,20,22). The molecule has 5 nitrogen and oxygen atoms in total. The first-order chi connectivity index (χ1) is 11.1. The summed E-state index contributed by atoms with van der Waals surface area (Å²) in [6.07, 6.45) is 1.52. The van der Waals surface area contributed by atoms with Crippen LogP contribution in [-0.4, -0.2) is 11.8 Å². The second-order valence-corrected chi connectivity index (χ2v) is 6.10. The number of hydrogen-bond acceptors (Lipinski definition) is 3. The van der Waals surface area contributed by atoms with Crippen LogP contribution in [0.1, 0.15) is 11.1 Å². The predicted octanol–water partition coefficient (Wildman–Crippen LogP) is 2.62. The molecular weight excluding hydrogens is 405 g/mol. The number of rotatable bonds is 2. The minimum absolute atomic E-state index is 0.0632.